The molecule has 0 atom stereocenters. The molecule has 4 nitrogen and oxygen atoms in total. The SMILES string of the molecule is Cl.O=C1Nc2ccccc2C2(CCNCC2)O1. The fourth-order valence-electron chi connectivity index (χ4n) is 2.56. The van der Waals surface area contributed by atoms with Gasteiger partial charge in [-0.3, -0.25) is 5.32 Å². The van der Waals surface area contributed by atoms with Crippen LogP contribution in [0.1, 0.15) is 18.4 Å². The van der Waals surface area contributed by atoms with E-state index in [1.807, 2.05) is 24.3 Å². The molecule has 0 bridgehead atoms. The van der Waals surface area contributed by atoms with Crippen LogP contribution in [0.3, 0.4) is 0 Å². The van der Waals surface area contributed by atoms with Crippen molar-refractivity contribution in [3.05, 3.63) is 29.8 Å². The minimum Gasteiger partial charge on any atom is -0.438 e. The van der Waals surface area contributed by atoms with Crippen LogP contribution in [0.15, 0.2) is 24.3 Å². The lowest BCUT2D eigenvalue weighted by Gasteiger charge is -2.41. The van der Waals surface area contributed by atoms with Crippen molar-refractivity contribution < 1.29 is 9.53 Å². The summed E-state index contributed by atoms with van der Waals surface area (Å²) in [5, 5.41) is 6.04. The Kier molecular flexibility index (Phi) is 3.26. The Balaban J connectivity index is 0.00000108. The molecule has 1 saturated heterocycles. The smallest absolute Gasteiger partial charge is 0.412 e. The minimum absolute atomic E-state index is 0. The second-order valence-electron chi connectivity index (χ2n) is 4.30. The molecule has 17 heavy (non-hydrogen) atoms. The molecule has 0 aromatic heterocycles. The van der Waals surface area contributed by atoms with E-state index in [0.29, 0.717) is 0 Å². The number of fused-ring (bicyclic) bond motifs is 2. The molecule has 0 radical (unpaired) electrons. The second-order valence-corrected chi connectivity index (χ2v) is 4.30. The van der Waals surface area contributed by atoms with Crippen LogP contribution in [-0.2, 0) is 10.3 Å². The van der Waals surface area contributed by atoms with E-state index in [1.54, 1.807) is 0 Å². The first-order chi connectivity index (χ1) is 7.80. The van der Waals surface area contributed by atoms with Gasteiger partial charge in [0, 0.05) is 18.4 Å². The van der Waals surface area contributed by atoms with Gasteiger partial charge in [-0.15, -0.1) is 12.4 Å². The first kappa shape index (κ1) is 12.2. The van der Waals surface area contributed by atoms with Gasteiger partial charge in [-0.25, -0.2) is 4.79 Å². The minimum atomic E-state index is -0.413. The lowest BCUT2D eigenvalue weighted by Crippen LogP contribution is -2.46. The molecule has 0 unspecified atom stereocenters. The summed E-state index contributed by atoms with van der Waals surface area (Å²) in [5.41, 5.74) is 1.58. The third-order valence-corrected chi connectivity index (χ3v) is 3.35. The highest BCUT2D eigenvalue weighted by atomic mass is 35.5. The molecular formula is C12H15ClN2O2. The predicted molar refractivity (Wildman–Crippen MR) is 67.6 cm³/mol. The van der Waals surface area contributed by atoms with Crippen LogP contribution in [0.2, 0.25) is 0 Å². The number of piperidine rings is 1. The summed E-state index contributed by atoms with van der Waals surface area (Å²) in [7, 11) is 0. The highest BCUT2D eigenvalue weighted by molar-refractivity contribution is 5.88. The van der Waals surface area contributed by atoms with E-state index in [9.17, 15) is 4.79 Å². The van der Waals surface area contributed by atoms with E-state index >= 15 is 0 Å². The van der Waals surface area contributed by atoms with E-state index in [4.69, 9.17) is 4.74 Å². The molecule has 1 aromatic carbocycles. The van der Waals surface area contributed by atoms with Crippen LogP contribution in [0.5, 0.6) is 0 Å². The number of hydrogen-bond donors (Lipinski definition) is 2. The number of carbonyl (C=O) groups excluding carboxylic acids is 1. The molecule has 2 heterocycles. The molecule has 5 heteroatoms. The highest BCUT2D eigenvalue weighted by Crippen LogP contribution is 2.41. The molecular weight excluding hydrogens is 240 g/mol. The van der Waals surface area contributed by atoms with Crippen LogP contribution in [0, 0.1) is 0 Å². The lowest BCUT2D eigenvalue weighted by molar-refractivity contribution is -0.0125. The van der Waals surface area contributed by atoms with Crippen molar-refractivity contribution in [1.29, 1.82) is 0 Å². The first-order valence-corrected chi connectivity index (χ1v) is 5.60. The zero-order chi connectivity index (χ0) is 11.0. The summed E-state index contributed by atoms with van der Waals surface area (Å²) in [6.07, 6.45) is 1.36. The van der Waals surface area contributed by atoms with Crippen LogP contribution in [0.4, 0.5) is 10.5 Å². The number of para-hydroxylation sites is 1. The molecule has 2 N–H and O–H groups in total. The number of amides is 1. The Morgan fingerprint density at radius 1 is 1.18 bits per heavy atom. The molecule has 1 amide bonds. The van der Waals surface area contributed by atoms with Gasteiger partial charge < -0.3 is 10.1 Å². The van der Waals surface area contributed by atoms with Crippen molar-refractivity contribution in [2.45, 2.75) is 18.4 Å². The number of anilines is 1. The number of carbonyl (C=O) groups is 1. The maximum absolute atomic E-state index is 11.5. The van der Waals surface area contributed by atoms with Crippen LogP contribution in [-0.4, -0.2) is 19.2 Å². The summed E-state index contributed by atoms with van der Waals surface area (Å²) in [4.78, 5) is 11.5. The maximum Gasteiger partial charge on any atom is 0.412 e. The molecule has 2 aliphatic heterocycles. The van der Waals surface area contributed by atoms with Gasteiger partial charge in [0.1, 0.15) is 5.60 Å². The van der Waals surface area contributed by atoms with E-state index in [-0.39, 0.29) is 18.5 Å². The first-order valence-electron chi connectivity index (χ1n) is 5.60. The summed E-state index contributed by atoms with van der Waals surface area (Å²) < 4.78 is 5.55. The van der Waals surface area contributed by atoms with E-state index in [1.165, 1.54) is 0 Å². The van der Waals surface area contributed by atoms with Crippen molar-refractivity contribution >= 4 is 24.2 Å². The number of hydrogen-bond acceptors (Lipinski definition) is 3. The zero-order valence-corrected chi connectivity index (χ0v) is 10.2. The third-order valence-electron chi connectivity index (χ3n) is 3.35. The van der Waals surface area contributed by atoms with Crippen LogP contribution >= 0.6 is 12.4 Å². The van der Waals surface area contributed by atoms with Crippen LogP contribution < -0.4 is 10.6 Å². The molecule has 2 aliphatic rings. The van der Waals surface area contributed by atoms with Crippen LogP contribution in [0.25, 0.3) is 0 Å². The van der Waals surface area contributed by atoms with Gasteiger partial charge in [0.05, 0.1) is 5.69 Å². The zero-order valence-electron chi connectivity index (χ0n) is 9.36. The fraction of sp³-hybridized carbons (Fsp3) is 0.417. The van der Waals surface area contributed by atoms with Gasteiger partial charge in [-0.2, -0.15) is 0 Å². The van der Waals surface area contributed by atoms with Gasteiger partial charge in [0.25, 0.3) is 0 Å². The van der Waals surface area contributed by atoms with E-state index < -0.39 is 5.60 Å². The normalized spacial score (nSPS) is 20.8. The Hall–Kier alpha value is -1.26. The Labute approximate surface area is 106 Å². The number of nitrogens with one attached hydrogen (secondary N) is 2. The number of ether oxygens (including phenoxy) is 1. The van der Waals surface area contributed by atoms with Crippen molar-refractivity contribution in [2.24, 2.45) is 0 Å². The van der Waals surface area contributed by atoms with Gasteiger partial charge in [-0.05, 0) is 19.2 Å². The predicted octanol–water partition coefficient (Wildman–Crippen LogP) is 2.25. The number of halogens is 1. The average Bonchev–Trinajstić information content (AvgIpc) is 2.30. The van der Waals surface area contributed by atoms with Gasteiger partial charge >= 0.3 is 6.09 Å². The quantitative estimate of drug-likeness (QED) is 0.747. The molecule has 0 aliphatic carbocycles. The topological polar surface area (TPSA) is 50.4 Å². The molecule has 0 saturated carbocycles. The van der Waals surface area contributed by atoms with E-state index in [2.05, 4.69) is 10.6 Å². The molecule has 1 fully saturated rings. The van der Waals surface area contributed by atoms with Gasteiger partial charge in [0.2, 0.25) is 0 Å². The second kappa shape index (κ2) is 4.55. The molecule has 92 valence electrons. The van der Waals surface area contributed by atoms with Gasteiger partial charge in [0.15, 0.2) is 0 Å². The van der Waals surface area contributed by atoms with Crippen molar-refractivity contribution in [2.75, 3.05) is 18.4 Å². The number of benzene rings is 1. The average molecular weight is 255 g/mol. The monoisotopic (exact) mass is 254 g/mol. The fourth-order valence-corrected chi connectivity index (χ4v) is 2.56. The molecule has 1 aromatic rings. The Morgan fingerprint density at radius 3 is 2.65 bits per heavy atom. The number of rotatable bonds is 0. The Bertz CT molecular complexity index is 430. The lowest BCUT2D eigenvalue weighted by atomic mass is 9.83. The highest BCUT2D eigenvalue weighted by Gasteiger charge is 2.42. The molecule has 3 rings (SSSR count). The largest absolute Gasteiger partial charge is 0.438 e. The van der Waals surface area contributed by atoms with Crippen molar-refractivity contribution in [3.63, 3.8) is 0 Å². The summed E-state index contributed by atoms with van der Waals surface area (Å²) in [5.74, 6) is 0. The Morgan fingerprint density at radius 2 is 1.88 bits per heavy atom. The standard InChI is InChI=1S/C12H14N2O2.ClH/c15-11-14-10-4-2-1-3-9(10)12(16-11)5-7-13-8-6-12;/h1-4,13H,5-8H2,(H,14,15);1H. The summed E-state index contributed by atoms with van der Waals surface area (Å²) >= 11 is 0. The van der Waals surface area contributed by atoms with Crippen molar-refractivity contribution in [1.82, 2.24) is 5.32 Å². The molecule has 1 spiro atoms. The maximum atomic E-state index is 11.5. The van der Waals surface area contributed by atoms with Crippen molar-refractivity contribution in [3.8, 4) is 0 Å². The summed E-state index contributed by atoms with van der Waals surface area (Å²) in [6, 6.07) is 7.89. The third kappa shape index (κ3) is 1.98. The van der Waals surface area contributed by atoms with Gasteiger partial charge in [-0.1, -0.05) is 18.2 Å². The summed E-state index contributed by atoms with van der Waals surface area (Å²) in [6.45, 7) is 1.78. The van der Waals surface area contributed by atoms with E-state index in [0.717, 1.165) is 37.2 Å².